The van der Waals surface area contributed by atoms with Crippen molar-refractivity contribution in [3.05, 3.63) is 0 Å². The van der Waals surface area contributed by atoms with Gasteiger partial charge in [-0.2, -0.15) is 0 Å². The second kappa shape index (κ2) is 4.45. The average molecular weight is 183 g/mol. The van der Waals surface area contributed by atoms with E-state index in [0.29, 0.717) is 5.41 Å². The van der Waals surface area contributed by atoms with Crippen LogP contribution in [0.4, 0.5) is 0 Å². The summed E-state index contributed by atoms with van der Waals surface area (Å²) < 4.78 is 0. The van der Waals surface area contributed by atoms with Gasteiger partial charge in [0.2, 0.25) is 0 Å². The molecule has 0 amide bonds. The Labute approximate surface area is 83.5 Å². The zero-order valence-electron chi connectivity index (χ0n) is 9.77. The van der Waals surface area contributed by atoms with E-state index in [1.807, 2.05) is 0 Å². The first-order valence-electron chi connectivity index (χ1n) is 5.77. The molecule has 1 aliphatic rings. The molecule has 0 aromatic heterocycles. The molecule has 0 aromatic carbocycles. The number of hydrogen-bond acceptors (Lipinski definition) is 1. The third-order valence-electron chi connectivity index (χ3n) is 2.86. The average Bonchev–Trinajstić information content (AvgIpc) is 2.34. The van der Waals surface area contributed by atoms with Crippen LogP contribution in [0.1, 0.15) is 53.4 Å². The van der Waals surface area contributed by atoms with E-state index in [-0.39, 0.29) is 0 Å². The minimum atomic E-state index is 0.501. The molecule has 0 N–H and O–H groups in total. The van der Waals surface area contributed by atoms with Gasteiger partial charge in [0, 0.05) is 6.04 Å². The highest BCUT2D eigenvalue weighted by Gasteiger charge is 2.27. The molecular weight excluding hydrogens is 158 g/mol. The van der Waals surface area contributed by atoms with Gasteiger partial charge in [-0.3, -0.25) is 0 Å². The summed E-state index contributed by atoms with van der Waals surface area (Å²) in [6, 6.07) is 0.875. The lowest BCUT2D eigenvalue weighted by atomic mass is 9.87. The van der Waals surface area contributed by atoms with Gasteiger partial charge in [-0.05, 0) is 44.2 Å². The first kappa shape index (κ1) is 11.0. The van der Waals surface area contributed by atoms with E-state index in [1.54, 1.807) is 0 Å². The first-order chi connectivity index (χ1) is 6.03. The Kier molecular flexibility index (Phi) is 3.78. The van der Waals surface area contributed by atoms with Crippen LogP contribution in [-0.2, 0) is 0 Å². The molecule has 0 saturated carbocycles. The van der Waals surface area contributed by atoms with Crippen LogP contribution < -0.4 is 0 Å². The van der Waals surface area contributed by atoms with Gasteiger partial charge in [0.15, 0.2) is 0 Å². The maximum absolute atomic E-state index is 2.69. The predicted octanol–water partition coefficient (Wildman–Crippen LogP) is 3.30. The third-order valence-corrected chi connectivity index (χ3v) is 2.86. The van der Waals surface area contributed by atoms with Gasteiger partial charge >= 0.3 is 0 Å². The third kappa shape index (κ3) is 3.68. The van der Waals surface area contributed by atoms with E-state index >= 15 is 0 Å². The highest BCUT2D eigenvalue weighted by Crippen LogP contribution is 2.29. The molecule has 0 aliphatic carbocycles. The Balaban J connectivity index is 2.39. The molecule has 1 fully saturated rings. The van der Waals surface area contributed by atoms with Crippen molar-refractivity contribution in [3.8, 4) is 0 Å². The van der Waals surface area contributed by atoms with Crippen LogP contribution in [-0.4, -0.2) is 24.0 Å². The van der Waals surface area contributed by atoms with Crippen molar-refractivity contribution in [2.45, 2.75) is 59.4 Å². The molecule has 1 saturated heterocycles. The van der Waals surface area contributed by atoms with Crippen LogP contribution in [0.2, 0.25) is 0 Å². The van der Waals surface area contributed by atoms with Crippen LogP contribution in [0.25, 0.3) is 0 Å². The van der Waals surface area contributed by atoms with Crippen molar-refractivity contribution in [2.24, 2.45) is 5.41 Å². The van der Waals surface area contributed by atoms with Crippen molar-refractivity contribution in [1.82, 2.24) is 4.90 Å². The number of likely N-dealkylation sites (tertiary alicyclic amines) is 1. The van der Waals surface area contributed by atoms with Crippen molar-refractivity contribution < 1.29 is 0 Å². The topological polar surface area (TPSA) is 3.24 Å². The quantitative estimate of drug-likeness (QED) is 0.649. The van der Waals surface area contributed by atoms with Gasteiger partial charge < -0.3 is 4.90 Å². The van der Waals surface area contributed by atoms with Crippen molar-refractivity contribution in [1.29, 1.82) is 0 Å². The summed E-state index contributed by atoms with van der Waals surface area (Å²) in [7, 11) is 0. The molecule has 1 heteroatoms. The van der Waals surface area contributed by atoms with E-state index < -0.39 is 0 Å². The van der Waals surface area contributed by atoms with Gasteiger partial charge in [-0.1, -0.05) is 27.7 Å². The molecule has 1 atom stereocenters. The second-order valence-corrected chi connectivity index (χ2v) is 5.60. The summed E-state index contributed by atoms with van der Waals surface area (Å²) >= 11 is 0. The predicted molar refractivity (Wildman–Crippen MR) is 59.0 cm³/mol. The summed E-state index contributed by atoms with van der Waals surface area (Å²) in [4.78, 5) is 2.69. The van der Waals surface area contributed by atoms with Crippen LogP contribution in [0.5, 0.6) is 0 Å². The maximum atomic E-state index is 2.69. The monoisotopic (exact) mass is 183 g/mol. The van der Waals surface area contributed by atoms with Gasteiger partial charge in [0.1, 0.15) is 0 Å². The molecule has 13 heavy (non-hydrogen) atoms. The van der Waals surface area contributed by atoms with Gasteiger partial charge in [0.25, 0.3) is 0 Å². The Morgan fingerprint density at radius 2 is 2.00 bits per heavy atom. The van der Waals surface area contributed by atoms with E-state index in [4.69, 9.17) is 0 Å². The maximum Gasteiger partial charge on any atom is 0.0101 e. The second-order valence-electron chi connectivity index (χ2n) is 5.60. The molecule has 1 rings (SSSR count). The fraction of sp³-hybridized carbons (Fsp3) is 1.00. The summed E-state index contributed by atoms with van der Waals surface area (Å²) in [5.74, 6) is 0. The van der Waals surface area contributed by atoms with E-state index in [1.165, 1.54) is 38.8 Å². The SMILES string of the molecule is CCCN1CCC[C@H]1CC(C)(C)C. The molecule has 0 unspecified atom stereocenters. The van der Waals surface area contributed by atoms with Crippen LogP contribution in [0, 0.1) is 5.41 Å². The highest BCUT2D eigenvalue weighted by molar-refractivity contribution is 4.82. The highest BCUT2D eigenvalue weighted by atomic mass is 15.2. The normalized spacial score (nSPS) is 25.4. The summed E-state index contributed by atoms with van der Waals surface area (Å²) in [5.41, 5.74) is 0.501. The first-order valence-corrected chi connectivity index (χ1v) is 5.77. The lowest BCUT2D eigenvalue weighted by Gasteiger charge is -2.30. The zero-order chi connectivity index (χ0) is 9.90. The number of rotatable bonds is 3. The Hall–Kier alpha value is -0.0400. The fourth-order valence-corrected chi connectivity index (χ4v) is 2.41. The standard InChI is InChI=1S/C12H25N/c1-5-8-13-9-6-7-11(13)10-12(2,3)4/h11H,5-10H2,1-4H3/t11-/m0/s1. The fourth-order valence-electron chi connectivity index (χ4n) is 2.41. The summed E-state index contributed by atoms with van der Waals surface area (Å²) in [5, 5.41) is 0. The molecule has 0 bridgehead atoms. The lowest BCUT2D eigenvalue weighted by Crippen LogP contribution is -2.33. The van der Waals surface area contributed by atoms with Gasteiger partial charge in [-0.15, -0.1) is 0 Å². The molecular formula is C12H25N. The number of nitrogens with zero attached hydrogens (tertiary/aromatic N) is 1. The van der Waals surface area contributed by atoms with Gasteiger partial charge in [-0.25, -0.2) is 0 Å². The summed E-state index contributed by atoms with van der Waals surface area (Å²) in [6.07, 6.45) is 5.52. The lowest BCUT2D eigenvalue weighted by molar-refractivity contribution is 0.192. The Morgan fingerprint density at radius 3 is 2.54 bits per heavy atom. The van der Waals surface area contributed by atoms with Crippen LogP contribution in [0.15, 0.2) is 0 Å². The smallest absolute Gasteiger partial charge is 0.0101 e. The van der Waals surface area contributed by atoms with Crippen molar-refractivity contribution >= 4 is 0 Å². The molecule has 0 spiro atoms. The van der Waals surface area contributed by atoms with Crippen molar-refractivity contribution in [3.63, 3.8) is 0 Å². The summed E-state index contributed by atoms with van der Waals surface area (Å²) in [6.45, 7) is 12.0. The minimum Gasteiger partial charge on any atom is -0.300 e. The molecule has 78 valence electrons. The zero-order valence-corrected chi connectivity index (χ0v) is 9.77. The molecule has 1 heterocycles. The number of hydrogen-bond donors (Lipinski definition) is 0. The van der Waals surface area contributed by atoms with Crippen LogP contribution >= 0.6 is 0 Å². The Morgan fingerprint density at radius 1 is 1.31 bits per heavy atom. The molecule has 1 aliphatic heterocycles. The molecule has 0 aromatic rings. The van der Waals surface area contributed by atoms with E-state index in [0.717, 1.165) is 6.04 Å². The molecule has 0 radical (unpaired) electrons. The van der Waals surface area contributed by atoms with E-state index in [9.17, 15) is 0 Å². The minimum absolute atomic E-state index is 0.501. The van der Waals surface area contributed by atoms with Gasteiger partial charge in [0.05, 0.1) is 0 Å². The molecule has 1 nitrogen and oxygen atoms in total. The van der Waals surface area contributed by atoms with Crippen LogP contribution in [0.3, 0.4) is 0 Å². The largest absolute Gasteiger partial charge is 0.300 e. The van der Waals surface area contributed by atoms with E-state index in [2.05, 4.69) is 32.6 Å². The van der Waals surface area contributed by atoms with Crippen molar-refractivity contribution in [2.75, 3.05) is 13.1 Å². The Bertz CT molecular complexity index is 146.